The van der Waals surface area contributed by atoms with Crippen LogP contribution in [0.2, 0.25) is 0 Å². The number of pyridine rings is 1. The number of ketones is 1. The molecule has 2 nitrogen and oxygen atoms in total. The number of hydrogen-bond acceptors (Lipinski definition) is 2. The first-order valence-corrected chi connectivity index (χ1v) is 9.38. The summed E-state index contributed by atoms with van der Waals surface area (Å²) in [4.78, 5) is 16.6. The van der Waals surface area contributed by atoms with Gasteiger partial charge in [0.25, 0.3) is 0 Å². The molecule has 3 rings (SSSR count). The Bertz CT molecular complexity index is 677. The first-order valence-electron chi connectivity index (χ1n) is 9.38. The Hall–Kier alpha value is -1.96. The Labute approximate surface area is 145 Å². The minimum atomic E-state index is 0.443. The van der Waals surface area contributed by atoms with Crippen molar-refractivity contribution in [2.75, 3.05) is 0 Å². The number of aromatic nitrogens is 1. The highest BCUT2D eigenvalue weighted by Gasteiger charge is 2.09. The zero-order chi connectivity index (χ0) is 16.6. The normalized spacial score (nSPS) is 17.2. The molecule has 2 bridgehead atoms. The number of carbonyl (C=O) groups is 1. The fourth-order valence-electron chi connectivity index (χ4n) is 3.54. The van der Waals surface area contributed by atoms with E-state index < -0.39 is 0 Å². The van der Waals surface area contributed by atoms with Gasteiger partial charge in [0.05, 0.1) is 5.69 Å². The molecule has 0 unspecified atom stereocenters. The van der Waals surface area contributed by atoms with Crippen LogP contribution in [0.3, 0.4) is 0 Å². The van der Waals surface area contributed by atoms with Gasteiger partial charge in [-0.05, 0) is 61.8 Å². The molecule has 0 saturated carbocycles. The van der Waals surface area contributed by atoms with Crippen LogP contribution in [0.4, 0.5) is 0 Å². The van der Waals surface area contributed by atoms with Gasteiger partial charge in [-0.3, -0.25) is 9.78 Å². The van der Waals surface area contributed by atoms with E-state index in [1.807, 2.05) is 12.3 Å². The molecule has 2 aromatic rings. The molecular weight excluding hydrogens is 294 g/mol. The van der Waals surface area contributed by atoms with Gasteiger partial charge in [-0.2, -0.15) is 0 Å². The van der Waals surface area contributed by atoms with E-state index in [1.165, 1.54) is 36.0 Å². The maximum absolute atomic E-state index is 11.9. The lowest BCUT2D eigenvalue weighted by Crippen LogP contribution is -2.00. The predicted octanol–water partition coefficient (Wildman–Crippen LogP) is 5.54. The summed E-state index contributed by atoms with van der Waals surface area (Å²) in [5.41, 5.74) is 5.03. The number of benzene rings is 1. The molecule has 126 valence electrons. The van der Waals surface area contributed by atoms with Crippen LogP contribution < -0.4 is 0 Å². The van der Waals surface area contributed by atoms with Crippen LogP contribution in [0.25, 0.3) is 11.3 Å². The summed E-state index contributed by atoms with van der Waals surface area (Å²) < 4.78 is 0. The molecule has 0 fully saturated rings. The first-order chi connectivity index (χ1) is 11.8. The largest absolute Gasteiger partial charge is 0.300 e. The zero-order valence-corrected chi connectivity index (χ0v) is 14.5. The minimum Gasteiger partial charge on any atom is -0.300 e. The van der Waals surface area contributed by atoms with E-state index >= 15 is 0 Å². The number of Topliss-reactive ketones (excluding diaryl/α,β-unsaturated/α-hetero) is 1. The summed E-state index contributed by atoms with van der Waals surface area (Å²) in [5.74, 6) is 0.443. The summed E-state index contributed by atoms with van der Waals surface area (Å²) >= 11 is 0. The van der Waals surface area contributed by atoms with Crippen molar-refractivity contribution in [2.24, 2.45) is 0 Å². The van der Waals surface area contributed by atoms with Gasteiger partial charge in [0.1, 0.15) is 5.78 Å². The van der Waals surface area contributed by atoms with Crippen LogP contribution in [-0.2, 0) is 17.6 Å². The van der Waals surface area contributed by atoms with Crippen LogP contribution >= 0.6 is 0 Å². The highest BCUT2D eigenvalue weighted by Crippen LogP contribution is 2.25. The van der Waals surface area contributed by atoms with Crippen molar-refractivity contribution in [1.29, 1.82) is 0 Å². The molecule has 0 saturated heterocycles. The van der Waals surface area contributed by atoms with Gasteiger partial charge in [-0.15, -0.1) is 0 Å². The van der Waals surface area contributed by atoms with Crippen molar-refractivity contribution in [2.45, 2.75) is 64.2 Å². The van der Waals surface area contributed by atoms with Crippen molar-refractivity contribution >= 4 is 5.78 Å². The molecule has 1 heterocycles. The number of aryl methyl sites for hydroxylation is 2. The molecule has 1 aromatic carbocycles. The SMILES string of the molecule is O=C1CCCCCCc2cccc(c2)-c2ncccc2CCCC1. The second-order valence-electron chi connectivity index (χ2n) is 6.87. The number of hydrogen-bond donors (Lipinski definition) is 0. The monoisotopic (exact) mass is 321 g/mol. The third-order valence-electron chi connectivity index (χ3n) is 4.91. The average molecular weight is 321 g/mol. The maximum atomic E-state index is 11.9. The lowest BCUT2D eigenvalue weighted by Gasteiger charge is -2.11. The summed E-state index contributed by atoms with van der Waals surface area (Å²) in [6, 6.07) is 13.1. The van der Waals surface area contributed by atoms with Crippen LogP contribution in [0.5, 0.6) is 0 Å². The van der Waals surface area contributed by atoms with E-state index in [0.717, 1.165) is 50.6 Å². The molecule has 0 amide bonds. The molecule has 24 heavy (non-hydrogen) atoms. The second-order valence-corrected chi connectivity index (χ2v) is 6.87. The lowest BCUT2D eigenvalue weighted by molar-refractivity contribution is -0.119. The fourth-order valence-corrected chi connectivity index (χ4v) is 3.54. The van der Waals surface area contributed by atoms with Crippen LogP contribution in [0.15, 0.2) is 42.6 Å². The van der Waals surface area contributed by atoms with Crippen LogP contribution in [-0.4, -0.2) is 10.8 Å². The Morgan fingerprint density at radius 1 is 0.750 bits per heavy atom. The third-order valence-corrected chi connectivity index (χ3v) is 4.91. The van der Waals surface area contributed by atoms with Crippen molar-refractivity contribution in [3.8, 4) is 11.3 Å². The molecular formula is C22H27NO. The Balaban J connectivity index is 1.82. The number of fused-ring (bicyclic) bond motifs is 4. The topological polar surface area (TPSA) is 30.0 Å². The molecule has 0 atom stereocenters. The number of rotatable bonds is 0. The van der Waals surface area contributed by atoms with Crippen molar-refractivity contribution in [3.05, 3.63) is 53.7 Å². The van der Waals surface area contributed by atoms with Gasteiger partial charge >= 0.3 is 0 Å². The number of nitrogens with zero attached hydrogens (tertiary/aromatic N) is 1. The number of carbonyl (C=O) groups excluding carboxylic acids is 1. The van der Waals surface area contributed by atoms with Crippen molar-refractivity contribution in [1.82, 2.24) is 4.98 Å². The van der Waals surface area contributed by atoms with Gasteiger partial charge in [0.15, 0.2) is 0 Å². The summed E-state index contributed by atoms with van der Waals surface area (Å²) in [6.07, 6.45) is 12.2. The first kappa shape index (κ1) is 16.9. The molecule has 0 spiro atoms. The van der Waals surface area contributed by atoms with Gasteiger partial charge in [-0.1, -0.05) is 37.1 Å². The van der Waals surface area contributed by atoms with Gasteiger partial charge < -0.3 is 0 Å². The smallest absolute Gasteiger partial charge is 0.132 e. The predicted molar refractivity (Wildman–Crippen MR) is 99.0 cm³/mol. The van der Waals surface area contributed by atoms with Crippen molar-refractivity contribution in [3.63, 3.8) is 0 Å². The average Bonchev–Trinajstić information content (AvgIpc) is 2.61. The lowest BCUT2D eigenvalue weighted by atomic mass is 9.96. The van der Waals surface area contributed by atoms with E-state index in [2.05, 4.69) is 35.3 Å². The summed E-state index contributed by atoms with van der Waals surface area (Å²) in [6.45, 7) is 0. The van der Waals surface area contributed by atoms with Crippen LogP contribution in [0.1, 0.15) is 62.5 Å². The van der Waals surface area contributed by atoms with Crippen molar-refractivity contribution < 1.29 is 4.79 Å². The summed E-state index contributed by atoms with van der Waals surface area (Å²) in [5, 5.41) is 0. The molecule has 2 heteroatoms. The highest BCUT2D eigenvalue weighted by molar-refractivity contribution is 5.78. The Morgan fingerprint density at radius 3 is 2.38 bits per heavy atom. The standard InChI is InChI=1S/C22H27NO/c24-21-14-4-2-1-3-9-18-10-7-12-20(17-18)22-19(11-5-6-15-21)13-8-16-23-22/h7-8,10,12-13,16-17H,1-6,9,11,14-15H2. The molecule has 0 aliphatic heterocycles. The third kappa shape index (κ3) is 4.77. The molecule has 1 aliphatic rings. The van der Waals surface area contributed by atoms with E-state index in [0.29, 0.717) is 5.78 Å². The Kier molecular flexibility index (Phi) is 6.17. The van der Waals surface area contributed by atoms with E-state index in [4.69, 9.17) is 0 Å². The molecule has 0 N–H and O–H groups in total. The van der Waals surface area contributed by atoms with Crippen LogP contribution in [0, 0.1) is 0 Å². The quantitative estimate of drug-likeness (QED) is 0.638. The molecule has 1 aliphatic carbocycles. The van der Waals surface area contributed by atoms with E-state index in [-0.39, 0.29) is 0 Å². The van der Waals surface area contributed by atoms with Gasteiger partial charge in [0.2, 0.25) is 0 Å². The Morgan fingerprint density at radius 2 is 1.50 bits per heavy atom. The minimum absolute atomic E-state index is 0.443. The molecule has 0 radical (unpaired) electrons. The second kappa shape index (κ2) is 8.77. The fraction of sp³-hybridized carbons (Fsp3) is 0.455. The van der Waals surface area contributed by atoms with Gasteiger partial charge in [0, 0.05) is 24.6 Å². The van der Waals surface area contributed by atoms with E-state index in [9.17, 15) is 4.79 Å². The van der Waals surface area contributed by atoms with Gasteiger partial charge in [-0.25, -0.2) is 0 Å². The highest BCUT2D eigenvalue weighted by atomic mass is 16.1. The zero-order valence-electron chi connectivity index (χ0n) is 14.5. The summed E-state index contributed by atoms with van der Waals surface area (Å²) in [7, 11) is 0. The van der Waals surface area contributed by atoms with E-state index in [1.54, 1.807) is 0 Å². The molecule has 1 aromatic heterocycles. The maximum Gasteiger partial charge on any atom is 0.132 e.